The van der Waals surface area contributed by atoms with Gasteiger partial charge in [0, 0.05) is 11.9 Å². The van der Waals surface area contributed by atoms with Crippen molar-refractivity contribution in [3.63, 3.8) is 0 Å². The van der Waals surface area contributed by atoms with Crippen molar-refractivity contribution >= 4 is 31.5 Å². The largest absolute Gasteiger partial charge is 0.399 e. The molecule has 0 fully saturated rings. The number of nitrogens with two attached hydrogens (primary N) is 1. The SMILES string of the molecule is CC[C@](Br)([C@H](O)c1ccc(N)cc1)S(C)(=O)=O. The molecule has 0 amide bonds. The van der Waals surface area contributed by atoms with Crippen molar-refractivity contribution in [2.75, 3.05) is 12.0 Å². The zero-order chi connectivity index (χ0) is 13.3. The maximum absolute atomic E-state index is 11.7. The van der Waals surface area contributed by atoms with E-state index in [0.29, 0.717) is 11.3 Å². The number of hydrogen-bond acceptors (Lipinski definition) is 4. The Labute approximate surface area is 110 Å². The number of benzene rings is 1. The van der Waals surface area contributed by atoms with Gasteiger partial charge in [0.25, 0.3) is 0 Å². The monoisotopic (exact) mass is 321 g/mol. The highest BCUT2D eigenvalue weighted by atomic mass is 79.9. The molecule has 17 heavy (non-hydrogen) atoms. The van der Waals surface area contributed by atoms with Gasteiger partial charge in [0.05, 0.1) is 0 Å². The molecule has 0 aliphatic heterocycles. The predicted molar refractivity (Wildman–Crippen MR) is 72.6 cm³/mol. The zero-order valence-electron chi connectivity index (χ0n) is 9.72. The van der Waals surface area contributed by atoms with Crippen LogP contribution in [-0.4, -0.2) is 23.4 Å². The fourth-order valence-electron chi connectivity index (χ4n) is 1.59. The summed E-state index contributed by atoms with van der Waals surface area (Å²) in [5, 5.41) is 10.2. The predicted octanol–water partition coefficient (Wildman–Crippen LogP) is 1.85. The topological polar surface area (TPSA) is 80.4 Å². The van der Waals surface area contributed by atoms with Crippen molar-refractivity contribution in [2.45, 2.75) is 23.1 Å². The van der Waals surface area contributed by atoms with Crippen LogP contribution in [0.1, 0.15) is 25.0 Å². The molecule has 0 aliphatic rings. The number of aliphatic hydroxyl groups is 1. The number of alkyl halides is 1. The van der Waals surface area contributed by atoms with E-state index in [9.17, 15) is 13.5 Å². The lowest BCUT2D eigenvalue weighted by molar-refractivity contribution is 0.160. The van der Waals surface area contributed by atoms with Crippen LogP contribution in [0, 0.1) is 0 Å². The number of nitrogen functional groups attached to an aromatic ring is 1. The lowest BCUT2D eigenvalue weighted by Crippen LogP contribution is -2.37. The Morgan fingerprint density at radius 2 is 1.88 bits per heavy atom. The fraction of sp³-hybridized carbons (Fsp3) is 0.455. The van der Waals surface area contributed by atoms with Crippen molar-refractivity contribution in [2.24, 2.45) is 0 Å². The van der Waals surface area contributed by atoms with E-state index in [1.807, 2.05) is 0 Å². The third kappa shape index (κ3) is 2.81. The van der Waals surface area contributed by atoms with E-state index in [2.05, 4.69) is 15.9 Å². The number of aliphatic hydroxyl groups excluding tert-OH is 1. The van der Waals surface area contributed by atoms with Crippen LogP contribution in [0.2, 0.25) is 0 Å². The van der Waals surface area contributed by atoms with E-state index in [1.165, 1.54) is 0 Å². The van der Waals surface area contributed by atoms with Crippen LogP contribution in [0.15, 0.2) is 24.3 Å². The van der Waals surface area contributed by atoms with Gasteiger partial charge in [-0.25, -0.2) is 8.42 Å². The molecule has 2 atom stereocenters. The third-order valence-electron chi connectivity index (χ3n) is 2.76. The highest BCUT2D eigenvalue weighted by molar-refractivity contribution is 9.11. The van der Waals surface area contributed by atoms with Crippen molar-refractivity contribution < 1.29 is 13.5 Å². The van der Waals surface area contributed by atoms with Crippen LogP contribution in [0.25, 0.3) is 0 Å². The van der Waals surface area contributed by atoms with Crippen LogP contribution in [0.3, 0.4) is 0 Å². The average Bonchev–Trinajstić information content (AvgIpc) is 2.26. The molecule has 0 bridgehead atoms. The molecule has 0 radical (unpaired) electrons. The maximum atomic E-state index is 11.7. The molecule has 0 saturated carbocycles. The Bertz CT molecular complexity index is 486. The highest BCUT2D eigenvalue weighted by Crippen LogP contribution is 2.41. The summed E-state index contributed by atoms with van der Waals surface area (Å²) in [6.07, 6.45) is 0.228. The van der Waals surface area contributed by atoms with E-state index < -0.39 is 19.6 Å². The molecule has 1 aromatic carbocycles. The first-order valence-corrected chi connectivity index (χ1v) is 7.83. The smallest absolute Gasteiger partial charge is 0.166 e. The first kappa shape index (κ1) is 14.5. The molecule has 1 aromatic rings. The summed E-state index contributed by atoms with van der Waals surface area (Å²) in [5.74, 6) is 0. The Morgan fingerprint density at radius 3 is 2.24 bits per heavy atom. The van der Waals surface area contributed by atoms with E-state index in [1.54, 1.807) is 31.2 Å². The Balaban J connectivity index is 3.19. The Morgan fingerprint density at radius 1 is 1.41 bits per heavy atom. The summed E-state index contributed by atoms with van der Waals surface area (Å²) >= 11 is 3.16. The molecule has 0 unspecified atom stereocenters. The first-order chi connectivity index (χ1) is 7.72. The minimum atomic E-state index is -3.44. The molecule has 6 heteroatoms. The van der Waals surface area contributed by atoms with Gasteiger partial charge in [-0.2, -0.15) is 0 Å². The van der Waals surface area contributed by atoms with Gasteiger partial charge >= 0.3 is 0 Å². The summed E-state index contributed by atoms with van der Waals surface area (Å²) in [6.45, 7) is 1.70. The second-order valence-electron chi connectivity index (χ2n) is 3.98. The Hall–Kier alpha value is -0.590. The van der Waals surface area contributed by atoms with Crippen molar-refractivity contribution in [3.05, 3.63) is 29.8 Å². The van der Waals surface area contributed by atoms with Crippen LogP contribution < -0.4 is 5.73 Å². The minimum absolute atomic E-state index is 0.261. The molecule has 0 heterocycles. The molecular formula is C11H16BrNO3S. The number of anilines is 1. The first-order valence-electron chi connectivity index (χ1n) is 5.14. The standard InChI is InChI=1S/C11H16BrNO3S/c1-3-11(12,17(2,15)16)10(14)8-4-6-9(13)7-5-8/h4-7,10,14H,3,13H2,1-2H3/t10-,11-/m1/s1. The second kappa shape index (κ2) is 4.96. The lowest BCUT2D eigenvalue weighted by atomic mass is 10.0. The van der Waals surface area contributed by atoms with Gasteiger partial charge in [-0.05, 0) is 24.1 Å². The van der Waals surface area contributed by atoms with Crippen LogP contribution in [-0.2, 0) is 9.84 Å². The molecule has 3 N–H and O–H groups in total. The van der Waals surface area contributed by atoms with Gasteiger partial charge < -0.3 is 10.8 Å². The molecule has 4 nitrogen and oxygen atoms in total. The maximum Gasteiger partial charge on any atom is 0.166 e. The normalized spacial score (nSPS) is 17.4. The van der Waals surface area contributed by atoms with E-state index in [0.717, 1.165) is 6.26 Å². The van der Waals surface area contributed by atoms with Gasteiger partial charge in [0.1, 0.15) is 6.10 Å². The summed E-state index contributed by atoms with van der Waals surface area (Å²) in [6, 6.07) is 6.50. The number of rotatable bonds is 4. The van der Waals surface area contributed by atoms with Crippen LogP contribution in [0.4, 0.5) is 5.69 Å². The summed E-state index contributed by atoms with van der Waals surface area (Å²) in [7, 11) is -3.44. The summed E-state index contributed by atoms with van der Waals surface area (Å²) in [4.78, 5) is 0. The number of halogens is 1. The summed E-state index contributed by atoms with van der Waals surface area (Å²) < 4.78 is 22.1. The molecule has 0 spiro atoms. The minimum Gasteiger partial charge on any atom is -0.399 e. The zero-order valence-corrected chi connectivity index (χ0v) is 12.1. The lowest BCUT2D eigenvalue weighted by Gasteiger charge is -2.30. The van der Waals surface area contributed by atoms with E-state index in [4.69, 9.17) is 5.73 Å². The Kier molecular flexibility index (Phi) is 4.22. The van der Waals surface area contributed by atoms with E-state index in [-0.39, 0.29) is 6.42 Å². The van der Waals surface area contributed by atoms with Gasteiger partial charge in [0.2, 0.25) is 0 Å². The van der Waals surface area contributed by atoms with Crippen LogP contribution in [0.5, 0.6) is 0 Å². The van der Waals surface area contributed by atoms with Gasteiger partial charge in [-0.3, -0.25) is 0 Å². The molecule has 0 aromatic heterocycles. The van der Waals surface area contributed by atoms with Crippen LogP contribution >= 0.6 is 15.9 Å². The molecular weight excluding hydrogens is 306 g/mol. The number of hydrogen-bond donors (Lipinski definition) is 2. The van der Waals surface area contributed by atoms with Crippen molar-refractivity contribution in [3.8, 4) is 0 Å². The average molecular weight is 322 g/mol. The number of sulfone groups is 1. The fourth-order valence-corrected chi connectivity index (χ4v) is 2.92. The van der Waals surface area contributed by atoms with E-state index >= 15 is 0 Å². The summed E-state index contributed by atoms with van der Waals surface area (Å²) in [5.41, 5.74) is 6.63. The highest BCUT2D eigenvalue weighted by Gasteiger charge is 2.44. The second-order valence-corrected chi connectivity index (χ2v) is 8.19. The molecule has 96 valence electrons. The molecule has 0 saturated heterocycles. The third-order valence-corrected chi connectivity index (χ3v) is 7.26. The molecule has 0 aliphatic carbocycles. The quantitative estimate of drug-likeness (QED) is 0.655. The van der Waals surface area contributed by atoms with Gasteiger partial charge in [-0.15, -0.1) is 0 Å². The van der Waals surface area contributed by atoms with Gasteiger partial charge in [0.15, 0.2) is 13.5 Å². The van der Waals surface area contributed by atoms with Crippen molar-refractivity contribution in [1.82, 2.24) is 0 Å². The van der Waals surface area contributed by atoms with Gasteiger partial charge in [-0.1, -0.05) is 35.0 Å². The van der Waals surface area contributed by atoms with Crippen molar-refractivity contribution in [1.29, 1.82) is 0 Å². The molecule has 1 rings (SSSR count).